The molecule has 2 nitrogen and oxygen atoms in total. The van der Waals surface area contributed by atoms with Gasteiger partial charge in [-0.1, -0.05) is 45.6 Å². The van der Waals surface area contributed by atoms with Crippen LogP contribution in [0.1, 0.15) is 63.2 Å². The molecule has 0 radical (unpaired) electrons. The van der Waals surface area contributed by atoms with Gasteiger partial charge in [-0.15, -0.1) is 0 Å². The van der Waals surface area contributed by atoms with Crippen molar-refractivity contribution < 1.29 is 9.84 Å². The first kappa shape index (κ1) is 13.0. The van der Waals surface area contributed by atoms with Crippen molar-refractivity contribution in [1.29, 1.82) is 0 Å². The van der Waals surface area contributed by atoms with E-state index in [0.717, 1.165) is 24.3 Å². The third-order valence-corrected chi connectivity index (χ3v) is 4.74. The molecule has 0 spiro atoms. The lowest BCUT2D eigenvalue weighted by Gasteiger charge is -2.19. The molecule has 1 aliphatic heterocycles. The van der Waals surface area contributed by atoms with Crippen LogP contribution in [0.4, 0.5) is 0 Å². The Morgan fingerprint density at radius 2 is 2.05 bits per heavy atom. The normalized spacial score (nSPS) is 23.1. The van der Waals surface area contributed by atoms with E-state index in [1.54, 1.807) is 0 Å². The molecule has 2 aliphatic rings. The highest BCUT2D eigenvalue weighted by Gasteiger charge is 2.32. The fourth-order valence-corrected chi connectivity index (χ4v) is 3.44. The summed E-state index contributed by atoms with van der Waals surface area (Å²) in [5, 5.41) is 10.4. The minimum Gasteiger partial charge on any atom is -0.492 e. The molecule has 2 heteroatoms. The standard InChI is InChI=1S/C17H24O2/c1-17(2)11-19-16-8-7-13(10-14(16)17)15(18)9-12-5-3-4-6-12/h7-8,10,12,15,18H,3-6,9,11H2,1-2H3. The number of ether oxygens (including phenoxy) is 1. The zero-order valence-corrected chi connectivity index (χ0v) is 12.0. The van der Waals surface area contributed by atoms with Gasteiger partial charge in [-0.2, -0.15) is 0 Å². The SMILES string of the molecule is CC1(C)COc2ccc(C(O)CC3CCCC3)cc21. The maximum atomic E-state index is 10.4. The summed E-state index contributed by atoms with van der Waals surface area (Å²) in [4.78, 5) is 0. The van der Waals surface area contributed by atoms with Gasteiger partial charge in [0.1, 0.15) is 5.75 Å². The number of aliphatic hydroxyl groups excluding tert-OH is 1. The van der Waals surface area contributed by atoms with E-state index in [1.807, 2.05) is 12.1 Å². The first-order chi connectivity index (χ1) is 9.06. The van der Waals surface area contributed by atoms with E-state index in [-0.39, 0.29) is 11.5 Å². The molecule has 1 atom stereocenters. The van der Waals surface area contributed by atoms with Gasteiger partial charge in [0, 0.05) is 11.0 Å². The summed E-state index contributed by atoms with van der Waals surface area (Å²) in [6, 6.07) is 6.21. The van der Waals surface area contributed by atoms with Crippen LogP contribution < -0.4 is 4.74 Å². The summed E-state index contributed by atoms with van der Waals surface area (Å²) in [6.45, 7) is 5.14. The number of hydrogen-bond acceptors (Lipinski definition) is 2. The Bertz CT molecular complexity index is 458. The Morgan fingerprint density at radius 1 is 1.32 bits per heavy atom. The monoisotopic (exact) mass is 260 g/mol. The zero-order valence-electron chi connectivity index (χ0n) is 12.0. The third kappa shape index (κ3) is 2.51. The predicted octanol–water partition coefficient (Wildman–Crippen LogP) is 3.97. The van der Waals surface area contributed by atoms with Gasteiger partial charge in [-0.3, -0.25) is 0 Å². The number of rotatable bonds is 3. The molecule has 1 unspecified atom stereocenters. The van der Waals surface area contributed by atoms with Gasteiger partial charge in [0.2, 0.25) is 0 Å². The molecule has 1 aromatic carbocycles. The third-order valence-electron chi connectivity index (χ3n) is 4.74. The van der Waals surface area contributed by atoms with Gasteiger partial charge in [-0.05, 0) is 30.0 Å². The zero-order chi connectivity index (χ0) is 13.5. The summed E-state index contributed by atoms with van der Waals surface area (Å²) in [7, 11) is 0. The average Bonchev–Trinajstić information content (AvgIpc) is 2.98. The van der Waals surface area contributed by atoms with Gasteiger partial charge in [-0.25, -0.2) is 0 Å². The predicted molar refractivity (Wildman–Crippen MR) is 76.5 cm³/mol. The Kier molecular flexibility index (Phi) is 3.30. The molecule has 1 aromatic rings. The Labute approximate surface area is 115 Å². The van der Waals surface area contributed by atoms with Crippen LogP contribution in [0, 0.1) is 5.92 Å². The minimum atomic E-state index is -0.315. The molecule has 1 saturated carbocycles. The Hall–Kier alpha value is -1.02. The van der Waals surface area contributed by atoms with Crippen molar-refractivity contribution in [3.8, 4) is 5.75 Å². The highest BCUT2D eigenvalue weighted by molar-refractivity contribution is 5.45. The van der Waals surface area contributed by atoms with E-state index in [9.17, 15) is 5.11 Å². The molecule has 104 valence electrons. The summed E-state index contributed by atoms with van der Waals surface area (Å²) in [5.74, 6) is 1.70. The van der Waals surface area contributed by atoms with E-state index in [2.05, 4.69) is 19.9 Å². The second kappa shape index (κ2) is 4.82. The highest BCUT2D eigenvalue weighted by Crippen LogP contribution is 2.41. The van der Waals surface area contributed by atoms with Crippen LogP contribution in [0.3, 0.4) is 0 Å². The maximum absolute atomic E-state index is 10.4. The van der Waals surface area contributed by atoms with Crippen LogP contribution in [0.15, 0.2) is 18.2 Å². The molecule has 1 N–H and O–H groups in total. The van der Waals surface area contributed by atoms with Crippen molar-refractivity contribution in [2.75, 3.05) is 6.61 Å². The first-order valence-electron chi connectivity index (χ1n) is 7.51. The number of aliphatic hydroxyl groups is 1. The summed E-state index contributed by atoms with van der Waals surface area (Å²) >= 11 is 0. The minimum absolute atomic E-state index is 0.0679. The van der Waals surface area contributed by atoms with Crippen LogP contribution in [-0.4, -0.2) is 11.7 Å². The van der Waals surface area contributed by atoms with Gasteiger partial charge in [0.25, 0.3) is 0 Å². The van der Waals surface area contributed by atoms with Crippen molar-refractivity contribution in [3.63, 3.8) is 0 Å². The van der Waals surface area contributed by atoms with Crippen LogP contribution in [0.5, 0.6) is 5.75 Å². The summed E-state index contributed by atoms with van der Waals surface area (Å²) in [6.07, 6.45) is 5.85. The maximum Gasteiger partial charge on any atom is 0.123 e. The highest BCUT2D eigenvalue weighted by atomic mass is 16.5. The fourth-order valence-electron chi connectivity index (χ4n) is 3.44. The van der Waals surface area contributed by atoms with Crippen LogP contribution >= 0.6 is 0 Å². The van der Waals surface area contributed by atoms with Crippen LogP contribution in [0.2, 0.25) is 0 Å². The molecule has 19 heavy (non-hydrogen) atoms. The lowest BCUT2D eigenvalue weighted by atomic mass is 9.85. The molecule has 0 bridgehead atoms. The Balaban J connectivity index is 1.78. The van der Waals surface area contributed by atoms with Crippen LogP contribution in [0.25, 0.3) is 0 Å². The molecule has 1 aliphatic carbocycles. The molecular formula is C17H24O2. The van der Waals surface area contributed by atoms with Crippen molar-refractivity contribution in [3.05, 3.63) is 29.3 Å². The molecule has 1 heterocycles. The van der Waals surface area contributed by atoms with E-state index >= 15 is 0 Å². The number of fused-ring (bicyclic) bond motifs is 1. The van der Waals surface area contributed by atoms with Gasteiger partial charge in [0.15, 0.2) is 0 Å². The molecule has 0 aromatic heterocycles. The van der Waals surface area contributed by atoms with E-state index in [4.69, 9.17) is 4.74 Å². The van der Waals surface area contributed by atoms with E-state index in [1.165, 1.54) is 31.2 Å². The molecule has 1 fully saturated rings. The van der Waals surface area contributed by atoms with Gasteiger partial charge in [0.05, 0.1) is 12.7 Å². The summed E-state index contributed by atoms with van der Waals surface area (Å²) in [5.41, 5.74) is 2.37. The fraction of sp³-hybridized carbons (Fsp3) is 0.647. The lowest BCUT2D eigenvalue weighted by molar-refractivity contribution is 0.145. The van der Waals surface area contributed by atoms with Crippen molar-refractivity contribution in [2.45, 2.75) is 57.5 Å². The Morgan fingerprint density at radius 3 is 2.79 bits per heavy atom. The second-order valence-electron chi connectivity index (χ2n) is 6.83. The van der Waals surface area contributed by atoms with Crippen molar-refractivity contribution >= 4 is 0 Å². The average molecular weight is 260 g/mol. The smallest absolute Gasteiger partial charge is 0.123 e. The topological polar surface area (TPSA) is 29.5 Å². The molecule has 0 saturated heterocycles. The summed E-state index contributed by atoms with van der Waals surface area (Å²) < 4.78 is 5.70. The van der Waals surface area contributed by atoms with Gasteiger partial charge < -0.3 is 9.84 Å². The lowest BCUT2D eigenvalue weighted by Crippen LogP contribution is -2.18. The molecule has 0 amide bonds. The second-order valence-corrected chi connectivity index (χ2v) is 6.83. The van der Waals surface area contributed by atoms with Crippen molar-refractivity contribution in [1.82, 2.24) is 0 Å². The first-order valence-corrected chi connectivity index (χ1v) is 7.51. The number of benzene rings is 1. The van der Waals surface area contributed by atoms with E-state index < -0.39 is 0 Å². The van der Waals surface area contributed by atoms with E-state index in [0.29, 0.717) is 5.92 Å². The molecular weight excluding hydrogens is 236 g/mol. The molecule has 3 rings (SSSR count). The quantitative estimate of drug-likeness (QED) is 0.891. The number of hydrogen-bond donors (Lipinski definition) is 1. The van der Waals surface area contributed by atoms with Crippen molar-refractivity contribution in [2.24, 2.45) is 5.92 Å². The largest absolute Gasteiger partial charge is 0.492 e. The van der Waals surface area contributed by atoms with Gasteiger partial charge >= 0.3 is 0 Å². The van der Waals surface area contributed by atoms with Crippen LogP contribution in [-0.2, 0) is 5.41 Å².